The molecule has 0 fully saturated rings. The van der Waals surface area contributed by atoms with Crippen LogP contribution in [-0.2, 0) is 6.42 Å². The van der Waals surface area contributed by atoms with Crippen LogP contribution < -0.4 is 10.9 Å². The van der Waals surface area contributed by atoms with Gasteiger partial charge >= 0.3 is 0 Å². The number of nitrogens with two attached hydrogens (primary N) is 1. The van der Waals surface area contributed by atoms with Crippen LogP contribution in [0.5, 0.6) is 0 Å². The van der Waals surface area contributed by atoms with Crippen molar-refractivity contribution in [3.8, 4) is 0 Å². The van der Waals surface area contributed by atoms with Crippen molar-refractivity contribution in [3.63, 3.8) is 0 Å². The Morgan fingerprint density at radius 3 is 2.50 bits per heavy atom. The van der Waals surface area contributed by atoms with Crippen molar-refractivity contribution in [2.75, 3.05) is 6.54 Å². The van der Waals surface area contributed by atoms with Gasteiger partial charge in [0.15, 0.2) is 0 Å². The first-order chi connectivity index (χ1) is 5.75. The maximum Gasteiger partial charge on any atom is 0.0650 e. The van der Waals surface area contributed by atoms with Gasteiger partial charge in [0.2, 0.25) is 0 Å². The van der Waals surface area contributed by atoms with Gasteiger partial charge in [-0.05, 0) is 18.5 Å². The average Bonchev–Trinajstić information content (AvgIpc) is 2.05. The summed E-state index contributed by atoms with van der Waals surface area (Å²) in [4.78, 5) is 0. The van der Waals surface area contributed by atoms with Gasteiger partial charge in [0.25, 0.3) is 0 Å². The predicted octanol–water partition coefficient (Wildman–Crippen LogP) is 0.881. The summed E-state index contributed by atoms with van der Waals surface area (Å²) >= 11 is 0. The highest BCUT2D eigenvalue weighted by molar-refractivity contribution is 6.71. The van der Waals surface area contributed by atoms with Crippen LogP contribution in [0.1, 0.15) is 5.56 Å². The second-order valence-corrected chi connectivity index (χ2v) is 6.32. The molecule has 0 aliphatic heterocycles. The maximum atomic E-state index is 5.55. The first kappa shape index (κ1) is 9.48. The molecule has 0 aliphatic carbocycles. The molecule has 0 radical (unpaired) electrons. The summed E-state index contributed by atoms with van der Waals surface area (Å²) in [6.07, 6.45) is 1.03. The molecule has 1 nitrogen and oxygen atoms in total. The molecule has 1 rings (SSSR count). The van der Waals surface area contributed by atoms with Crippen molar-refractivity contribution >= 4 is 14.0 Å². The largest absolute Gasteiger partial charge is 0.330 e. The van der Waals surface area contributed by atoms with Crippen LogP contribution >= 0.6 is 0 Å². The SMILES string of the molecule is C[SiH](C)c1ccccc1CCN. The zero-order valence-electron chi connectivity index (χ0n) is 7.88. The van der Waals surface area contributed by atoms with Crippen molar-refractivity contribution in [2.24, 2.45) is 5.73 Å². The molecular formula is C10H17NSi. The molecule has 0 amide bonds. The van der Waals surface area contributed by atoms with E-state index < -0.39 is 8.80 Å². The Morgan fingerprint density at radius 1 is 1.25 bits per heavy atom. The summed E-state index contributed by atoms with van der Waals surface area (Å²) in [6.45, 7) is 5.48. The quantitative estimate of drug-likeness (QED) is 0.685. The minimum atomic E-state index is -0.655. The molecule has 1 aromatic carbocycles. The van der Waals surface area contributed by atoms with Gasteiger partial charge in [0, 0.05) is 0 Å². The Kier molecular flexibility index (Phi) is 3.50. The van der Waals surface area contributed by atoms with Gasteiger partial charge in [0.05, 0.1) is 8.80 Å². The van der Waals surface area contributed by atoms with Crippen molar-refractivity contribution in [1.29, 1.82) is 0 Å². The number of hydrogen-bond acceptors (Lipinski definition) is 1. The van der Waals surface area contributed by atoms with Crippen molar-refractivity contribution in [2.45, 2.75) is 19.5 Å². The van der Waals surface area contributed by atoms with Gasteiger partial charge in [-0.15, -0.1) is 0 Å². The average molecular weight is 179 g/mol. The van der Waals surface area contributed by atoms with Gasteiger partial charge in [-0.25, -0.2) is 0 Å². The molecule has 0 aliphatic rings. The molecule has 0 saturated heterocycles. The number of hydrogen-bond donors (Lipinski definition) is 1. The van der Waals surface area contributed by atoms with E-state index in [4.69, 9.17) is 5.73 Å². The fourth-order valence-electron chi connectivity index (χ4n) is 1.48. The topological polar surface area (TPSA) is 26.0 Å². The highest BCUT2D eigenvalue weighted by Gasteiger charge is 2.04. The Morgan fingerprint density at radius 2 is 1.92 bits per heavy atom. The lowest BCUT2D eigenvalue weighted by molar-refractivity contribution is 0.974. The zero-order valence-corrected chi connectivity index (χ0v) is 9.03. The second-order valence-electron chi connectivity index (χ2n) is 3.39. The summed E-state index contributed by atoms with van der Waals surface area (Å²) in [5.74, 6) is 0. The molecule has 1 aromatic rings. The second kappa shape index (κ2) is 4.43. The Hall–Kier alpha value is -0.603. The third-order valence-corrected chi connectivity index (χ3v) is 3.90. The third-order valence-electron chi connectivity index (χ3n) is 2.09. The fourth-order valence-corrected chi connectivity index (χ4v) is 2.96. The van der Waals surface area contributed by atoms with E-state index in [-0.39, 0.29) is 0 Å². The molecule has 0 atom stereocenters. The van der Waals surface area contributed by atoms with Crippen LogP contribution in [0, 0.1) is 0 Å². The monoisotopic (exact) mass is 179 g/mol. The van der Waals surface area contributed by atoms with Crippen molar-refractivity contribution in [3.05, 3.63) is 29.8 Å². The number of rotatable bonds is 3. The van der Waals surface area contributed by atoms with Crippen LogP contribution in [0.4, 0.5) is 0 Å². The summed E-state index contributed by atoms with van der Waals surface area (Å²) in [5.41, 5.74) is 7.00. The molecule has 0 heterocycles. The Bertz CT molecular complexity index is 245. The molecule has 12 heavy (non-hydrogen) atoms. The molecule has 66 valence electrons. The van der Waals surface area contributed by atoms with E-state index >= 15 is 0 Å². The van der Waals surface area contributed by atoms with E-state index in [1.165, 1.54) is 5.56 Å². The highest BCUT2D eigenvalue weighted by Crippen LogP contribution is 1.98. The first-order valence-electron chi connectivity index (χ1n) is 4.53. The molecule has 2 N–H and O–H groups in total. The van der Waals surface area contributed by atoms with Gasteiger partial charge in [-0.3, -0.25) is 0 Å². The predicted molar refractivity (Wildman–Crippen MR) is 57.7 cm³/mol. The van der Waals surface area contributed by atoms with Crippen LogP contribution in [-0.4, -0.2) is 15.3 Å². The van der Waals surface area contributed by atoms with Gasteiger partial charge < -0.3 is 5.73 Å². The normalized spacial score (nSPS) is 10.7. The zero-order chi connectivity index (χ0) is 8.97. The molecule has 0 spiro atoms. The van der Waals surface area contributed by atoms with Gasteiger partial charge in [-0.2, -0.15) is 0 Å². The van der Waals surface area contributed by atoms with Crippen LogP contribution in [0.15, 0.2) is 24.3 Å². The minimum Gasteiger partial charge on any atom is -0.330 e. The highest BCUT2D eigenvalue weighted by atomic mass is 28.3. The summed E-state index contributed by atoms with van der Waals surface area (Å²) < 4.78 is 0. The van der Waals surface area contributed by atoms with E-state index in [9.17, 15) is 0 Å². The standard InChI is InChI=1S/C10H17NSi/c1-12(2)10-6-4-3-5-9(10)7-8-11/h3-6,12H,7-8,11H2,1-2H3. The lowest BCUT2D eigenvalue weighted by Gasteiger charge is -2.10. The molecule has 0 saturated carbocycles. The van der Waals surface area contributed by atoms with Crippen LogP contribution in [0.2, 0.25) is 13.1 Å². The lowest BCUT2D eigenvalue weighted by atomic mass is 10.1. The van der Waals surface area contributed by atoms with E-state index in [2.05, 4.69) is 37.4 Å². The van der Waals surface area contributed by atoms with Crippen molar-refractivity contribution in [1.82, 2.24) is 0 Å². The van der Waals surface area contributed by atoms with Gasteiger partial charge in [-0.1, -0.05) is 42.5 Å². The minimum absolute atomic E-state index is 0.655. The van der Waals surface area contributed by atoms with E-state index in [1.54, 1.807) is 5.19 Å². The summed E-state index contributed by atoms with van der Waals surface area (Å²) in [6, 6.07) is 8.69. The first-order valence-corrected chi connectivity index (χ1v) is 7.42. The molecule has 0 bridgehead atoms. The number of benzene rings is 1. The summed E-state index contributed by atoms with van der Waals surface area (Å²) in [5, 5.41) is 1.57. The fraction of sp³-hybridized carbons (Fsp3) is 0.400. The molecule has 0 unspecified atom stereocenters. The van der Waals surface area contributed by atoms with Crippen LogP contribution in [0.25, 0.3) is 0 Å². The van der Waals surface area contributed by atoms with Gasteiger partial charge in [0.1, 0.15) is 0 Å². The molecular weight excluding hydrogens is 162 g/mol. The maximum absolute atomic E-state index is 5.55. The Labute approximate surface area is 76.2 Å². The van der Waals surface area contributed by atoms with Crippen molar-refractivity contribution < 1.29 is 0 Å². The lowest BCUT2D eigenvalue weighted by Crippen LogP contribution is -2.27. The summed E-state index contributed by atoms with van der Waals surface area (Å²) in [7, 11) is -0.655. The smallest absolute Gasteiger partial charge is 0.0650 e. The molecule has 2 heteroatoms. The third kappa shape index (κ3) is 2.19. The Balaban J connectivity index is 2.92. The molecule has 0 aromatic heterocycles. The van der Waals surface area contributed by atoms with E-state index in [0.717, 1.165) is 13.0 Å². The van der Waals surface area contributed by atoms with Crippen LogP contribution in [0.3, 0.4) is 0 Å². The van der Waals surface area contributed by atoms with E-state index in [1.807, 2.05) is 0 Å². The van der Waals surface area contributed by atoms with E-state index in [0.29, 0.717) is 0 Å².